The Kier molecular flexibility index (Phi) is 3.72. The van der Waals surface area contributed by atoms with Crippen molar-refractivity contribution >= 4 is 5.91 Å². The van der Waals surface area contributed by atoms with E-state index in [2.05, 4.69) is 19.2 Å². The Morgan fingerprint density at radius 3 is 2.54 bits per heavy atom. The molecule has 0 aromatic heterocycles. The van der Waals surface area contributed by atoms with Gasteiger partial charge in [-0.25, -0.2) is 0 Å². The van der Waals surface area contributed by atoms with Gasteiger partial charge in [-0.2, -0.15) is 0 Å². The van der Waals surface area contributed by atoms with E-state index in [1.54, 1.807) is 0 Å². The molecule has 0 spiro atoms. The Morgan fingerprint density at radius 2 is 2.15 bits per heavy atom. The van der Waals surface area contributed by atoms with E-state index in [1.807, 2.05) is 0 Å². The van der Waals surface area contributed by atoms with Crippen LogP contribution in [0, 0.1) is 11.8 Å². The molecular formula is C10H20N2O. The maximum absolute atomic E-state index is 11.6. The van der Waals surface area contributed by atoms with Crippen LogP contribution in [0.15, 0.2) is 0 Å². The number of rotatable bonds is 5. The molecule has 0 radical (unpaired) electrons. The zero-order valence-corrected chi connectivity index (χ0v) is 8.55. The van der Waals surface area contributed by atoms with Gasteiger partial charge in [-0.3, -0.25) is 4.79 Å². The number of amides is 1. The van der Waals surface area contributed by atoms with E-state index in [9.17, 15) is 4.79 Å². The van der Waals surface area contributed by atoms with Gasteiger partial charge in [0.1, 0.15) is 0 Å². The van der Waals surface area contributed by atoms with E-state index < -0.39 is 0 Å². The van der Waals surface area contributed by atoms with Crippen molar-refractivity contribution in [2.45, 2.75) is 39.2 Å². The zero-order valence-electron chi connectivity index (χ0n) is 8.55. The number of nitrogens with two attached hydrogens (primary N) is 1. The van der Waals surface area contributed by atoms with Crippen LogP contribution in [0.4, 0.5) is 0 Å². The fourth-order valence-corrected chi connectivity index (χ4v) is 1.43. The smallest absolute Gasteiger partial charge is 0.224 e. The maximum Gasteiger partial charge on any atom is 0.224 e. The van der Waals surface area contributed by atoms with Gasteiger partial charge in [0.05, 0.1) is 5.92 Å². The highest BCUT2D eigenvalue weighted by Crippen LogP contribution is 2.20. The first-order valence-corrected chi connectivity index (χ1v) is 5.14. The van der Waals surface area contributed by atoms with Gasteiger partial charge in [0.2, 0.25) is 5.91 Å². The molecule has 1 saturated carbocycles. The van der Waals surface area contributed by atoms with Crippen LogP contribution in [0.3, 0.4) is 0 Å². The normalized spacial score (nSPS) is 18.8. The second-order valence-corrected chi connectivity index (χ2v) is 4.35. The molecule has 1 unspecified atom stereocenters. The Labute approximate surface area is 80.1 Å². The van der Waals surface area contributed by atoms with Crippen LogP contribution in [-0.4, -0.2) is 18.5 Å². The summed E-state index contributed by atoms with van der Waals surface area (Å²) in [5.74, 6) is 0.706. The van der Waals surface area contributed by atoms with Crippen LogP contribution in [0.1, 0.15) is 33.1 Å². The van der Waals surface area contributed by atoms with Crippen molar-refractivity contribution in [3.63, 3.8) is 0 Å². The second-order valence-electron chi connectivity index (χ2n) is 4.35. The van der Waals surface area contributed by atoms with Gasteiger partial charge in [0, 0.05) is 12.6 Å². The summed E-state index contributed by atoms with van der Waals surface area (Å²) in [5, 5.41) is 2.99. The fourth-order valence-electron chi connectivity index (χ4n) is 1.43. The Bertz CT molecular complexity index is 176. The molecule has 3 heteroatoms. The standard InChI is InChI=1S/C10H20N2O/c1-7(2)5-8(6-11)10(13)12-9-3-4-9/h7-9H,3-6,11H2,1-2H3,(H,12,13). The predicted octanol–water partition coefficient (Wildman–Crippen LogP) is 0.886. The zero-order chi connectivity index (χ0) is 9.84. The largest absolute Gasteiger partial charge is 0.353 e. The van der Waals surface area contributed by atoms with E-state index in [-0.39, 0.29) is 11.8 Å². The first-order chi connectivity index (χ1) is 6.13. The summed E-state index contributed by atoms with van der Waals surface area (Å²) in [6, 6.07) is 0.453. The van der Waals surface area contributed by atoms with Gasteiger partial charge in [-0.15, -0.1) is 0 Å². The van der Waals surface area contributed by atoms with Crippen LogP contribution in [0.5, 0.6) is 0 Å². The van der Waals surface area contributed by atoms with Crippen molar-refractivity contribution in [3.05, 3.63) is 0 Å². The average molecular weight is 184 g/mol. The molecule has 3 nitrogen and oxygen atoms in total. The first-order valence-electron chi connectivity index (χ1n) is 5.14. The third-order valence-electron chi connectivity index (χ3n) is 2.33. The summed E-state index contributed by atoms with van der Waals surface area (Å²) in [6.07, 6.45) is 3.18. The third kappa shape index (κ3) is 3.77. The molecule has 3 N–H and O–H groups in total. The van der Waals surface area contributed by atoms with E-state index in [0.717, 1.165) is 19.3 Å². The molecule has 1 aliphatic carbocycles. The Hall–Kier alpha value is -0.570. The summed E-state index contributed by atoms with van der Waals surface area (Å²) in [6.45, 7) is 4.71. The highest BCUT2D eigenvalue weighted by molar-refractivity contribution is 5.79. The quantitative estimate of drug-likeness (QED) is 0.666. The fraction of sp³-hybridized carbons (Fsp3) is 0.900. The van der Waals surface area contributed by atoms with Gasteiger partial charge in [0.15, 0.2) is 0 Å². The number of carbonyl (C=O) groups is 1. The minimum absolute atomic E-state index is 0.0144. The van der Waals surface area contributed by atoms with E-state index >= 15 is 0 Å². The Morgan fingerprint density at radius 1 is 1.54 bits per heavy atom. The number of carbonyl (C=O) groups excluding carboxylic acids is 1. The highest BCUT2D eigenvalue weighted by Gasteiger charge is 2.26. The maximum atomic E-state index is 11.6. The molecule has 1 atom stereocenters. The molecule has 0 heterocycles. The Balaban J connectivity index is 2.30. The lowest BCUT2D eigenvalue weighted by Gasteiger charge is -2.16. The van der Waals surface area contributed by atoms with E-state index in [1.165, 1.54) is 0 Å². The molecule has 1 fully saturated rings. The molecule has 13 heavy (non-hydrogen) atoms. The topological polar surface area (TPSA) is 55.1 Å². The molecule has 1 aliphatic rings. The number of nitrogens with one attached hydrogen (secondary N) is 1. The molecule has 0 aliphatic heterocycles. The van der Waals surface area contributed by atoms with Crippen LogP contribution < -0.4 is 11.1 Å². The van der Waals surface area contributed by atoms with Crippen molar-refractivity contribution < 1.29 is 4.79 Å². The lowest BCUT2D eigenvalue weighted by molar-refractivity contribution is -0.125. The summed E-state index contributed by atoms with van der Waals surface area (Å²) >= 11 is 0. The third-order valence-corrected chi connectivity index (χ3v) is 2.33. The molecule has 0 saturated heterocycles. The van der Waals surface area contributed by atoms with E-state index in [0.29, 0.717) is 18.5 Å². The van der Waals surface area contributed by atoms with Crippen molar-refractivity contribution in [1.82, 2.24) is 5.32 Å². The number of hydrogen-bond donors (Lipinski definition) is 2. The minimum atomic E-state index is 0.0144. The van der Waals surface area contributed by atoms with Crippen molar-refractivity contribution in [3.8, 4) is 0 Å². The van der Waals surface area contributed by atoms with Gasteiger partial charge in [-0.05, 0) is 25.2 Å². The van der Waals surface area contributed by atoms with Gasteiger partial charge < -0.3 is 11.1 Å². The SMILES string of the molecule is CC(C)CC(CN)C(=O)NC1CC1. The molecule has 0 bridgehead atoms. The van der Waals surface area contributed by atoms with Gasteiger partial charge >= 0.3 is 0 Å². The van der Waals surface area contributed by atoms with Crippen LogP contribution in [-0.2, 0) is 4.79 Å². The summed E-state index contributed by atoms with van der Waals surface area (Å²) in [7, 11) is 0. The molecule has 0 aromatic rings. The summed E-state index contributed by atoms with van der Waals surface area (Å²) in [4.78, 5) is 11.6. The van der Waals surface area contributed by atoms with Crippen molar-refractivity contribution in [1.29, 1.82) is 0 Å². The highest BCUT2D eigenvalue weighted by atomic mass is 16.2. The lowest BCUT2D eigenvalue weighted by atomic mass is 9.96. The van der Waals surface area contributed by atoms with Crippen molar-refractivity contribution in [2.75, 3.05) is 6.54 Å². The van der Waals surface area contributed by atoms with Crippen LogP contribution in [0.25, 0.3) is 0 Å². The molecule has 1 rings (SSSR count). The number of hydrogen-bond acceptors (Lipinski definition) is 2. The minimum Gasteiger partial charge on any atom is -0.353 e. The molecular weight excluding hydrogens is 164 g/mol. The van der Waals surface area contributed by atoms with Crippen LogP contribution >= 0.6 is 0 Å². The van der Waals surface area contributed by atoms with Crippen molar-refractivity contribution in [2.24, 2.45) is 17.6 Å². The summed E-state index contributed by atoms with van der Waals surface area (Å²) < 4.78 is 0. The average Bonchev–Trinajstić information content (AvgIpc) is 2.83. The predicted molar refractivity (Wildman–Crippen MR) is 53.2 cm³/mol. The summed E-state index contributed by atoms with van der Waals surface area (Å²) in [5.41, 5.74) is 5.56. The molecule has 0 aromatic carbocycles. The van der Waals surface area contributed by atoms with Crippen LogP contribution in [0.2, 0.25) is 0 Å². The van der Waals surface area contributed by atoms with E-state index in [4.69, 9.17) is 5.73 Å². The van der Waals surface area contributed by atoms with Gasteiger partial charge in [-0.1, -0.05) is 13.8 Å². The molecule has 1 amide bonds. The monoisotopic (exact) mass is 184 g/mol. The lowest BCUT2D eigenvalue weighted by Crippen LogP contribution is -2.36. The molecule has 76 valence electrons. The van der Waals surface area contributed by atoms with Gasteiger partial charge in [0.25, 0.3) is 0 Å². The second kappa shape index (κ2) is 4.61. The first kappa shape index (κ1) is 10.5.